The van der Waals surface area contributed by atoms with Gasteiger partial charge in [0.1, 0.15) is 0 Å². The molecule has 2 heterocycles. The zero-order chi connectivity index (χ0) is 13.3. The summed E-state index contributed by atoms with van der Waals surface area (Å²) in [7, 11) is 0. The number of hydrogen-bond acceptors (Lipinski definition) is 3. The zero-order valence-corrected chi connectivity index (χ0v) is 12.4. The van der Waals surface area contributed by atoms with Gasteiger partial charge in [0.15, 0.2) is 0 Å². The van der Waals surface area contributed by atoms with Crippen LogP contribution in [-0.4, -0.2) is 12.6 Å². The van der Waals surface area contributed by atoms with Gasteiger partial charge in [0.2, 0.25) is 0 Å². The molecule has 2 aromatic rings. The summed E-state index contributed by atoms with van der Waals surface area (Å²) < 4.78 is 5.16. The molecule has 2 aromatic heterocycles. The topological polar surface area (TPSA) is 25.2 Å². The van der Waals surface area contributed by atoms with Crippen LogP contribution >= 0.6 is 11.3 Å². The van der Waals surface area contributed by atoms with E-state index in [1.54, 1.807) is 6.26 Å². The van der Waals surface area contributed by atoms with E-state index in [1.165, 1.54) is 36.1 Å². The highest BCUT2D eigenvalue weighted by Gasteiger charge is 2.09. The third kappa shape index (κ3) is 5.21. The number of thiophene rings is 1. The predicted octanol–water partition coefficient (Wildman–Crippen LogP) is 4.27. The fourth-order valence-electron chi connectivity index (χ4n) is 2.30. The molecule has 0 aliphatic carbocycles. The van der Waals surface area contributed by atoms with Crippen molar-refractivity contribution in [1.29, 1.82) is 0 Å². The second-order valence-corrected chi connectivity index (χ2v) is 5.99. The molecule has 3 heteroatoms. The lowest BCUT2D eigenvalue weighted by atomic mass is 10.0. The molecular weight excluding hydrogens is 254 g/mol. The van der Waals surface area contributed by atoms with E-state index in [4.69, 9.17) is 4.42 Å². The summed E-state index contributed by atoms with van der Waals surface area (Å²) in [5, 5.41) is 5.81. The first kappa shape index (κ1) is 14.4. The molecule has 104 valence electrons. The highest BCUT2D eigenvalue weighted by Crippen LogP contribution is 2.14. The average molecular weight is 277 g/mol. The summed E-state index contributed by atoms with van der Waals surface area (Å²) in [6.07, 6.45) is 9.56. The van der Waals surface area contributed by atoms with Crippen LogP contribution in [0.15, 0.2) is 40.5 Å². The summed E-state index contributed by atoms with van der Waals surface area (Å²) in [4.78, 5) is 1.50. The lowest BCUT2D eigenvalue weighted by Gasteiger charge is -2.17. The molecule has 1 unspecified atom stereocenters. The molecule has 0 saturated carbocycles. The minimum Gasteiger partial charge on any atom is -0.472 e. The van der Waals surface area contributed by atoms with E-state index >= 15 is 0 Å². The number of rotatable bonds is 9. The third-order valence-electron chi connectivity index (χ3n) is 3.30. The van der Waals surface area contributed by atoms with Crippen LogP contribution in [0.4, 0.5) is 0 Å². The van der Waals surface area contributed by atoms with Crippen LogP contribution in [0.3, 0.4) is 0 Å². The Morgan fingerprint density at radius 3 is 3.00 bits per heavy atom. The maximum absolute atomic E-state index is 5.16. The molecule has 0 radical (unpaired) electrons. The molecule has 1 atom stereocenters. The van der Waals surface area contributed by atoms with Crippen LogP contribution < -0.4 is 5.32 Å². The van der Waals surface area contributed by atoms with Crippen LogP contribution in [0, 0.1) is 0 Å². The van der Waals surface area contributed by atoms with Crippen molar-refractivity contribution < 1.29 is 4.42 Å². The van der Waals surface area contributed by atoms with E-state index in [0.29, 0.717) is 6.04 Å². The van der Waals surface area contributed by atoms with Gasteiger partial charge in [0.05, 0.1) is 12.5 Å². The van der Waals surface area contributed by atoms with Crippen LogP contribution in [0.1, 0.15) is 36.6 Å². The van der Waals surface area contributed by atoms with E-state index in [-0.39, 0.29) is 0 Å². The van der Waals surface area contributed by atoms with Gasteiger partial charge in [-0.1, -0.05) is 13.0 Å². The number of furan rings is 1. The molecule has 0 saturated heterocycles. The zero-order valence-electron chi connectivity index (χ0n) is 11.6. The Labute approximate surface area is 119 Å². The Hall–Kier alpha value is -1.06. The number of nitrogens with one attached hydrogen (secondary N) is 1. The SMILES string of the molecule is CCCNC(CCCc1cccs1)Cc1ccoc1. The van der Waals surface area contributed by atoms with E-state index in [2.05, 4.69) is 35.8 Å². The van der Waals surface area contributed by atoms with Crippen molar-refractivity contribution in [3.63, 3.8) is 0 Å². The first-order valence-electron chi connectivity index (χ1n) is 7.15. The van der Waals surface area contributed by atoms with Gasteiger partial charge in [0.25, 0.3) is 0 Å². The predicted molar refractivity (Wildman–Crippen MR) is 81.8 cm³/mol. The van der Waals surface area contributed by atoms with Gasteiger partial charge in [-0.3, -0.25) is 0 Å². The Kier molecular flexibility index (Phi) is 6.18. The molecule has 0 amide bonds. The van der Waals surface area contributed by atoms with Gasteiger partial charge in [-0.15, -0.1) is 11.3 Å². The number of hydrogen-bond donors (Lipinski definition) is 1. The smallest absolute Gasteiger partial charge is 0.0935 e. The molecule has 2 rings (SSSR count). The molecule has 19 heavy (non-hydrogen) atoms. The van der Waals surface area contributed by atoms with Gasteiger partial charge >= 0.3 is 0 Å². The molecule has 0 bridgehead atoms. The molecular formula is C16H23NOS. The van der Waals surface area contributed by atoms with Crippen molar-refractivity contribution in [2.75, 3.05) is 6.54 Å². The highest BCUT2D eigenvalue weighted by atomic mass is 32.1. The Morgan fingerprint density at radius 2 is 2.32 bits per heavy atom. The van der Waals surface area contributed by atoms with Crippen molar-refractivity contribution in [2.24, 2.45) is 0 Å². The van der Waals surface area contributed by atoms with E-state index < -0.39 is 0 Å². The minimum absolute atomic E-state index is 0.567. The van der Waals surface area contributed by atoms with E-state index in [0.717, 1.165) is 13.0 Å². The fourth-order valence-corrected chi connectivity index (χ4v) is 3.05. The second kappa shape index (κ2) is 8.18. The van der Waals surface area contributed by atoms with Crippen molar-refractivity contribution in [3.05, 3.63) is 46.5 Å². The number of aryl methyl sites for hydroxylation is 1. The van der Waals surface area contributed by atoms with Gasteiger partial charge in [-0.25, -0.2) is 0 Å². The van der Waals surface area contributed by atoms with Gasteiger partial charge in [-0.05, 0) is 61.7 Å². The van der Waals surface area contributed by atoms with Gasteiger partial charge in [0, 0.05) is 10.9 Å². The van der Waals surface area contributed by atoms with Gasteiger partial charge in [-0.2, -0.15) is 0 Å². The molecule has 2 nitrogen and oxygen atoms in total. The van der Waals surface area contributed by atoms with Crippen molar-refractivity contribution >= 4 is 11.3 Å². The second-order valence-electron chi connectivity index (χ2n) is 4.96. The first-order valence-corrected chi connectivity index (χ1v) is 8.03. The molecule has 0 fully saturated rings. The van der Waals surface area contributed by atoms with Crippen LogP contribution in [0.2, 0.25) is 0 Å². The Morgan fingerprint density at radius 1 is 1.37 bits per heavy atom. The van der Waals surface area contributed by atoms with Crippen molar-refractivity contribution in [2.45, 2.75) is 45.1 Å². The largest absolute Gasteiger partial charge is 0.472 e. The normalized spacial score (nSPS) is 12.7. The maximum Gasteiger partial charge on any atom is 0.0935 e. The summed E-state index contributed by atoms with van der Waals surface area (Å²) >= 11 is 1.86. The monoisotopic (exact) mass is 277 g/mol. The average Bonchev–Trinajstić information content (AvgIpc) is 3.08. The van der Waals surface area contributed by atoms with Crippen molar-refractivity contribution in [3.8, 4) is 0 Å². The Balaban J connectivity index is 1.76. The van der Waals surface area contributed by atoms with E-state index in [9.17, 15) is 0 Å². The van der Waals surface area contributed by atoms with Crippen molar-refractivity contribution in [1.82, 2.24) is 5.32 Å². The maximum atomic E-state index is 5.16. The minimum atomic E-state index is 0.567. The molecule has 0 aliphatic heterocycles. The summed E-state index contributed by atoms with van der Waals surface area (Å²) in [6, 6.07) is 7.01. The lowest BCUT2D eigenvalue weighted by molar-refractivity contribution is 0.462. The van der Waals surface area contributed by atoms with Crippen LogP contribution in [0.25, 0.3) is 0 Å². The van der Waals surface area contributed by atoms with E-state index in [1.807, 2.05) is 17.6 Å². The lowest BCUT2D eigenvalue weighted by Crippen LogP contribution is -2.31. The first-order chi connectivity index (χ1) is 9.38. The summed E-state index contributed by atoms with van der Waals surface area (Å²) in [5.41, 5.74) is 1.30. The Bertz CT molecular complexity index is 422. The molecule has 0 aromatic carbocycles. The summed E-state index contributed by atoms with van der Waals surface area (Å²) in [6.45, 7) is 3.31. The molecule has 0 spiro atoms. The fraction of sp³-hybridized carbons (Fsp3) is 0.500. The van der Waals surface area contributed by atoms with Crippen LogP contribution in [-0.2, 0) is 12.8 Å². The molecule has 1 N–H and O–H groups in total. The highest BCUT2D eigenvalue weighted by molar-refractivity contribution is 7.09. The quantitative estimate of drug-likeness (QED) is 0.740. The van der Waals surface area contributed by atoms with Gasteiger partial charge < -0.3 is 9.73 Å². The summed E-state index contributed by atoms with van der Waals surface area (Å²) in [5.74, 6) is 0. The third-order valence-corrected chi connectivity index (χ3v) is 4.24. The van der Waals surface area contributed by atoms with Crippen LogP contribution in [0.5, 0.6) is 0 Å². The standard InChI is InChI=1S/C16H23NOS/c1-2-9-17-15(12-14-8-10-18-13-14)5-3-6-16-7-4-11-19-16/h4,7-8,10-11,13,15,17H,2-3,5-6,9,12H2,1H3. The molecule has 0 aliphatic rings.